The van der Waals surface area contributed by atoms with Gasteiger partial charge in [0.2, 0.25) is 11.7 Å². The van der Waals surface area contributed by atoms with Crippen LogP contribution in [-0.2, 0) is 12.2 Å². The maximum absolute atomic E-state index is 13.3. The maximum Gasteiger partial charge on any atom is 0.251 e. The van der Waals surface area contributed by atoms with E-state index in [0.29, 0.717) is 39.1 Å². The summed E-state index contributed by atoms with van der Waals surface area (Å²) in [5.41, 5.74) is 1.18. The van der Waals surface area contributed by atoms with E-state index in [1.807, 2.05) is 6.92 Å². The lowest BCUT2D eigenvalue weighted by atomic mass is 10.2. The minimum absolute atomic E-state index is 0.188. The number of H-pyrrole nitrogens is 1. The SMILES string of the molecule is CCc1cc(=O)[nH]c(SCc2nc(-c3ccc(F)c(Br)c3)no2)n1. The summed E-state index contributed by atoms with van der Waals surface area (Å²) in [6.45, 7) is 1.93. The molecule has 1 N–H and O–H groups in total. The van der Waals surface area contributed by atoms with Gasteiger partial charge in [-0.05, 0) is 40.5 Å². The molecule has 124 valence electrons. The van der Waals surface area contributed by atoms with Crippen LogP contribution in [0.4, 0.5) is 4.39 Å². The second-order valence-electron chi connectivity index (χ2n) is 4.82. The first-order valence-corrected chi connectivity index (χ1v) is 8.84. The zero-order chi connectivity index (χ0) is 17.1. The molecule has 24 heavy (non-hydrogen) atoms. The number of hydrogen-bond acceptors (Lipinski definition) is 6. The molecule has 0 amide bonds. The van der Waals surface area contributed by atoms with Gasteiger partial charge in [-0.15, -0.1) is 0 Å². The van der Waals surface area contributed by atoms with Crippen LogP contribution in [0.15, 0.2) is 43.2 Å². The second kappa shape index (κ2) is 7.27. The number of aromatic nitrogens is 4. The highest BCUT2D eigenvalue weighted by molar-refractivity contribution is 9.10. The van der Waals surface area contributed by atoms with Gasteiger partial charge in [-0.2, -0.15) is 4.98 Å². The van der Waals surface area contributed by atoms with Crippen molar-refractivity contribution in [3.8, 4) is 11.4 Å². The molecule has 0 spiro atoms. The van der Waals surface area contributed by atoms with Gasteiger partial charge in [-0.3, -0.25) is 4.79 Å². The summed E-state index contributed by atoms with van der Waals surface area (Å²) >= 11 is 4.42. The molecule has 0 aliphatic carbocycles. The molecule has 0 saturated heterocycles. The fourth-order valence-corrected chi connectivity index (χ4v) is 3.04. The Labute approximate surface area is 149 Å². The van der Waals surface area contributed by atoms with Crippen LogP contribution < -0.4 is 5.56 Å². The van der Waals surface area contributed by atoms with E-state index in [9.17, 15) is 9.18 Å². The number of benzene rings is 1. The van der Waals surface area contributed by atoms with E-state index >= 15 is 0 Å². The van der Waals surface area contributed by atoms with Crippen molar-refractivity contribution in [2.45, 2.75) is 24.3 Å². The standard InChI is InChI=1S/C15H12BrFN4O2S/c1-2-9-6-12(22)19-15(18-9)24-7-13-20-14(21-23-13)8-3-4-11(17)10(16)5-8/h3-6H,2,7H2,1H3,(H,18,19,22). The van der Waals surface area contributed by atoms with Crippen LogP contribution in [0.5, 0.6) is 0 Å². The fraction of sp³-hybridized carbons (Fsp3) is 0.200. The molecule has 0 unspecified atom stereocenters. The zero-order valence-corrected chi connectivity index (χ0v) is 14.9. The van der Waals surface area contributed by atoms with Gasteiger partial charge in [-0.25, -0.2) is 9.37 Å². The summed E-state index contributed by atoms with van der Waals surface area (Å²) in [6.07, 6.45) is 0.682. The van der Waals surface area contributed by atoms with Gasteiger partial charge in [-0.1, -0.05) is 23.8 Å². The van der Waals surface area contributed by atoms with Gasteiger partial charge < -0.3 is 9.51 Å². The average Bonchev–Trinajstić information content (AvgIpc) is 3.04. The van der Waals surface area contributed by atoms with Gasteiger partial charge in [0, 0.05) is 17.3 Å². The van der Waals surface area contributed by atoms with E-state index in [2.05, 4.69) is 36.0 Å². The Morgan fingerprint density at radius 1 is 1.33 bits per heavy atom. The predicted octanol–water partition coefficient (Wildman–Crippen LogP) is 3.58. The largest absolute Gasteiger partial charge is 0.338 e. The van der Waals surface area contributed by atoms with E-state index in [1.54, 1.807) is 12.1 Å². The topological polar surface area (TPSA) is 84.7 Å². The summed E-state index contributed by atoms with van der Waals surface area (Å²) in [7, 11) is 0. The van der Waals surface area contributed by atoms with Crippen molar-refractivity contribution in [3.63, 3.8) is 0 Å². The van der Waals surface area contributed by atoms with E-state index in [-0.39, 0.29) is 11.4 Å². The second-order valence-corrected chi connectivity index (χ2v) is 6.64. The van der Waals surface area contributed by atoms with Crippen molar-refractivity contribution in [1.82, 2.24) is 20.1 Å². The lowest BCUT2D eigenvalue weighted by molar-refractivity contribution is 0.391. The molecule has 3 rings (SSSR count). The van der Waals surface area contributed by atoms with Crippen molar-refractivity contribution >= 4 is 27.7 Å². The summed E-state index contributed by atoms with van der Waals surface area (Å²) < 4.78 is 18.8. The lowest BCUT2D eigenvalue weighted by Crippen LogP contribution is -2.09. The molecule has 0 aliphatic rings. The third kappa shape index (κ3) is 3.90. The lowest BCUT2D eigenvalue weighted by Gasteiger charge is -2.00. The van der Waals surface area contributed by atoms with Crippen LogP contribution in [0.3, 0.4) is 0 Å². The van der Waals surface area contributed by atoms with E-state index in [1.165, 1.54) is 23.9 Å². The van der Waals surface area contributed by atoms with E-state index in [4.69, 9.17) is 4.52 Å². The smallest absolute Gasteiger partial charge is 0.251 e. The number of hydrogen-bond donors (Lipinski definition) is 1. The van der Waals surface area contributed by atoms with Crippen molar-refractivity contribution in [3.05, 3.63) is 56.5 Å². The van der Waals surface area contributed by atoms with Gasteiger partial charge in [0.05, 0.1) is 10.2 Å². The molecule has 2 aromatic heterocycles. The van der Waals surface area contributed by atoms with Gasteiger partial charge >= 0.3 is 0 Å². The minimum Gasteiger partial charge on any atom is -0.338 e. The normalized spacial score (nSPS) is 11.0. The first-order valence-electron chi connectivity index (χ1n) is 7.06. The number of nitrogens with zero attached hydrogens (tertiary/aromatic N) is 3. The Morgan fingerprint density at radius 3 is 2.92 bits per heavy atom. The number of aromatic amines is 1. The van der Waals surface area contributed by atoms with Crippen LogP contribution in [-0.4, -0.2) is 20.1 Å². The van der Waals surface area contributed by atoms with Gasteiger partial charge in [0.1, 0.15) is 5.82 Å². The summed E-state index contributed by atoms with van der Waals surface area (Å²) in [5.74, 6) is 0.768. The van der Waals surface area contributed by atoms with Crippen LogP contribution in [0.1, 0.15) is 18.5 Å². The monoisotopic (exact) mass is 410 g/mol. The zero-order valence-electron chi connectivity index (χ0n) is 12.5. The average molecular weight is 411 g/mol. The first-order chi connectivity index (χ1) is 11.5. The molecule has 0 fully saturated rings. The van der Waals surface area contributed by atoms with Crippen LogP contribution in [0, 0.1) is 5.82 Å². The Bertz CT molecular complexity index is 928. The number of aryl methyl sites for hydroxylation is 1. The molecule has 0 bridgehead atoms. The molecule has 2 heterocycles. The first kappa shape index (κ1) is 16.8. The van der Waals surface area contributed by atoms with Crippen molar-refractivity contribution in [1.29, 1.82) is 0 Å². The summed E-state index contributed by atoms with van der Waals surface area (Å²) in [4.78, 5) is 22.8. The molecular weight excluding hydrogens is 399 g/mol. The van der Waals surface area contributed by atoms with Crippen molar-refractivity contribution in [2.24, 2.45) is 0 Å². The number of rotatable bonds is 5. The summed E-state index contributed by atoms with van der Waals surface area (Å²) in [5, 5.41) is 4.39. The molecule has 0 aliphatic heterocycles. The molecule has 6 nitrogen and oxygen atoms in total. The van der Waals surface area contributed by atoms with Crippen molar-refractivity contribution < 1.29 is 8.91 Å². The van der Waals surface area contributed by atoms with E-state index < -0.39 is 0 Å². The molecule has 9 heteroatoms. The molecule has 3 aromatic rings. The quantitative estimate of drug-likeness (QED) is 0.511. The number of thioether (sulfide) groups is 1. The van der Waals surface area contributed by atoms with Crippen LogP contribution in [0.25, 0.3) is 11.4 Å². The molecule has 0 saturated carbocycles. The fourth-order valence-electron chi connectivity index (χ4n) is 1.93. The van der Waals surface area contributed by atoms with E-state index in [0.717, 1.165) is 5.69 Å². The molecule has 0 atom stereocenters. The highest BCUT2D eigenvalue weighted by atomic mass is 79.9. The third-order valence-corrected chi connectivity index (χ3v) is 4.58. The molecule has 0 radical (unpaired) electrons. The highest BCUT2D eigenvalue weighted by Gasteiger charge is 2.11. The Morgan fingerprint density at radius 2 is 2.17 bits per heavy atom. The highest BCUT2D eigenvalue weighted by Crippen LogP contribution is 2.24. The Balaban J connectivity index is 1.73. The maximum atomic E-state index is 13.3. The molecule has 1 aromatic carbocycles. The number of nitrogens with one attached hydrogen (secondary N) is 1. The summed E-state index contributed by atoms with van der Waals surface area (Å²) in [6, 6.07) is 5.96. The van der Waals surface area contributed by atoms with Crippen LogP contribution >= 0.6 is 27.7 Å². The van der Waals surface area contributed by atoms with Crippen molar-refractivity contribution in [2.75, 3.05) is 0 Å². The third-order valence-electron chi connectivity index (χ3n) is 3.11. The predicted molar refractivity (Wildman–Crippen MR) is 91.2 cm³/mol. The Hall–Kier alpha value is -2.00. The molecular formula is C15H12BrFN4O2S. The number of halogens is 2. The van der Waals surface area contributed by atoms with Gasteiger partial charge in [0.25, 0.3) is 5.56 Å². The van der Waals surface area contributed by atoms with Crippen LogP contribution in [0.2, 0.25) is 0 Å². The van der Waals surface area contributed by atoms with Gasteiger partial charge in [0.15, 0.2) is 5.16 Å². The Kier molecular flexibility index (Phi) is 5.10. The minimum atomic E-state index is -0.358.